The van der Waals surface area contributed by atoms with E-state index < -0.39 is 76.5 Å². The van der Waals surface area contributed by atoms with Crippen LogP contribution in [-0.2, 0) is 90.1 Å². The molecule has 641 valence electrons. The molecule has 28 nitrogen and oxygen atoms in total. The van der Waals surface area contributed by atoms with Crippen LogP contribution in [0.15, 0.2) is 106 Å². The number of nitrogens with two attached hydrogens (primary N) is 1. The van der Waals surface area contributed by atoms with Crippen LogP contribution in [0.5, 0.6) is 0 Å². The van der Waals surface area contributed by atoms with Crippen LogP contribution in [0.3, 0.4) is 0 Å². The maximum atomic E-state index is 13.5. The molecule has 8 heterocycles. The van der Waals surface area contributed by atoms with E-state index in [2.05, 4.69) is 75.3 Å². The zero-order valence-corrected chi connectivity index (χ0v) is 73.4. The van der Waals surface area contributed by atoms with Crippen molar-refractivity contribution in [3.8, 4) is 0 Å². The fourth-order valence-corrected chi connectivity index (χ4v) is 14.7. The van der Waals surface area contributed by atoms with Gasteiger partial charge >= 0.3 is 24.4 Å². The van der Waals surface area contributed by atoms with Crippen LogP contribution in [-0.4, -0.2) is 156 Å². The lowest BCUT2D eigenvalue weighted by atomic mass is 9.95. The molecule has 2 aromatic heterocycles. The van der Waals surface area contributed by atoms with E-state index in [-0.39, 0.29) is 57.2 Å². The van der Waals surface area contributed by atoms with Crippen molar-refractivity contribution in [1.29, 1.82) is 0 Å². The first kappa shape index (κ1) is 99.4. The maximum Gasteiger partial charge on any atom is 0.408 e. The lowest BCUT2D eigenvalue weighted by Crippen LogP contribution is -2.53. The Morgan fingerprint density at radius 3 is 1.36 bits per heavy atom. The Morgan fingerprint density at radius 1 is 0.551 bits per heavy atom. The first-order valence-corrected chi connectivity index (χ1v) is 42.5. The van der Waals surface area contributed by atoms with E-state index in [9.17, 15) is 52.7 Å². The highest BCUT2D eigenvalue weighted by Gasteiger charge is 2.40. The highest BCUT2D eigenvalue weighted by Crippen LogP contribution is 2.41. The van der Waals surface area contributed by atoms with E-state index in [1.807, 2.05) is 71.4 Å². The van der Waals surface area contributed by atoms with Gasteiger partial charge in [-0.3, -0.25) is 33.6 Å². The predicted octanol–water partition coefficient (Wildman–Crippen LogP) is 15.2. The number of aliphatic hydroxyl groups is 1. The van der Waals surface area contributed by atoms with Crippen molar-refractivity contribution in [1.82, 2.24) is 21.3 Å². The number of carbonyl (C=O) groups excluding carboxylic acids is 11. The van der Waals surface area contributed by atoms with Gasteiger partial charge in [0, 0.05) is 83.5 Å². The van der Waals surface area contributed by atoms with Crippen molar-refractivity contribution in [3.05, 3.63) is 140 Å². The van der Waals surface area contributed by atoms with Crippen LogP contribution in [0.2, 0.25) is 0 Å². The molecule has 6 aliphatic heterocycles. The zero-order valence-electron chi connectivity index (χ0n) is 67.9. The normalized spacial score (nSPS) is 17.2. The van der Waals surface area contributed by atoms with Crippen molar-refractivity contribution in [2.75, 3.05) is 66.6 Å². The molecule has 11 amide bonds. The second kappa shape index (κ2) is 45.8. The summed E-state index contributed by atoms with van der Waals surface area (Å²) in [5.41, 5.74) is 13.6. The SMILES string of the molecule is BrCc1ccsc1.C.CC(C)(C)OC(=O)NC1Cc2cccc(N)c2NC1=O.CC(C)(C)OC(=O)NC1Cc2cccc(N3CCCC3=O)c2N(Cc2ccsc2)C1=O.CC(C)(C)OC(=O)NC1Cc2cccc(N3CCCC3=O)c2NC1=O.CC(C)(C)OC(=O)NC1Cc2cccc(NC(=O)CCCCl)c2NC1=O.O[C@H](Cl)CCCCl.[B]. The number of nitrogen functional groups attached to an aromatic ring is 1. The third kappa shape index (κ3) is 31.5. The number of ether oxygens (including phenoxy) is 4. The van der Waals surface area contributed by atoms with Gasteiger partial charge in [-0.1, -0.05) is 83.5 Å². The number of nitrogens with zero attached hydrogens (tertiary/aromatic N) is 3. The molecule has 11 N–H and O–H groups in total. The van der Waals surface area contributed by atoms with Gasteiger partial charge in [0.25, 0.3) is 0 Å². The molecule has 0 saturated carbocycles. The van der Waals surface area contributed by atoms with Crippen LogP contribution >= 0.6 is 73.4 Å². The minimum absolute atomic E-state index is 0. The van der Waals surface area contributed by atoms with E-state index in [0.29, 0.717) is 118 Å². The zero-order chi connectivity index (χ0) is 85.4. The molecule has 2 fully saturated rings. The smallest absolute Gasteiger partial charge is 0.408 e. The average molecular weight is 1790 g/mol. The lowest BCUT2D eigenvalue weighted by Gasteiger charge is -2.37. The number of alkyl carbamates (subject to hydrolysis) is 4. The summed E-state index contributed by atoms with van der Waals surface area (Å²) in [6.07, 6.45) is 3.86. The number of alkyl halides is 4. The molecule has 118 heavy (non-hydrogen) atoms. The molecule has 35 heteroatoms. The minimum atomic E-state index is -0.737. The number of hydrogen-bond acceptors (Lipinski definition) is 19. The highest BCUT2D eigenvalue weighted by molar-refractivity contribution is 9.08. The molecular formula is C83H110BBrCl3N12O16S2. The van der Waals surface area contributed by atoms with Crippen molar-refractivity contribution in [2.45, 2.75) is 232 Å². The van der Waals surface area contributed by atoms with Crippen LogP contribution in [0.25, 0.3) is 0 Å². The largest absolute Gasteiger partial charge is 0.444 e. The number of nitrogens with one attached hydrogen (secondary N) is 8. The second-order valence-electron chi connectivity index (χ2n) is 31.6. The van der Waals surface area contributed by atoms with E-state index in [0.717, 1.165) is 69.5 Å². The molecule has 0 aliphatic carbocycles. The molecule has 4 aromatic carbocycles. The van der Waals surface area contributed by atoms with Crippen LogP contribution < -0.4 is 63.0 Å². The topological polar surface area (TPSA) is 377 Å². The van der Waals surface area contributed by atoms with Crippen LogP contribution in [0, 0.1) is 0 Å². The number of thiophene rings is 2. The number of halogens is 4. The number of aliphatic hydroxyl groups excluding tert-OH is 1. The Labute approximate surface area is 724 Å². The van der Waals surface area contributed by atoms with E-state index in [1.165, 1.54) is 5.56 Å². The van der Waals surface area contributed by atoms with Crippen LogP contribution in [0.1, 0.15) is 175 Å². The molecule has 6 aliphatic rings. The standard InChI is InChI=1S/C23H27N3O4S.C18H24ClN3O4.C18H23N3O4.C14H19N3O3.C5H5BrS.C4H8Cl2O.CH4.B/c1-23(2,3)30-22(29)24-17-12-16-6-4-7-18(25-10-5-8-19(25)27)20(16)26(21(17)28)13-15-9-11-31-14-15;1-18(2,3)26-17(25)21-13-10-11-6-4-7-12(15(11)22-16(13)24)20-14(23)8-5-9-19;1-18(2,3)25-17(24)19-12-10-11-6-4-7-13(15(11)20-16(12)23)21-9-5-8-14(21)22;1-14(2,3)20-13(19)16-10-7-8-5-4-6-9(15)11(8)17-12(10)18;6-3-5-1-2-7-4-5;5-3-1-2-4(6)7;;/h4,6-7,9,11,14,17H,5,8,10,12-13H2,1-3H3,(H,24,29);4,6-7,13H,5,8-10H2,1-3H3,(H,20,23)(H,21,25)(H,22,24);4,6-7,12H,5,8-10H2,1-3H3,(H,19,24)(H,20,23);4-6,10H,7,15H2,1-3H3,(H,16,19)(H,17,18);1-2,4H,3H2;4,7H,1-3H2;1H4;/t;;;;;4-;;/m.....0../s1. The number of hydrogen-bond donors (Lipinski definition) is 10. The summed E-state index contributed by atoms with van der Waals surface area (Å²) in [6.45, 7) is 22.9. The van der Waals surface area contributed by atoms with Gasteiger partial charge in [-0.15, -0.1) is 23.2 Å². The van der Waals surface area contributed by atoms with Crippen molar-refractivity contribution in [2.24, 2.45) is 0 Å². The number of anilines is 8. The molecule has 6 aromatic rings. The van der Waals surface area contributed by atoms with E-state index >= 15 is 0 Å². The third-order valence-corrected chi connectivity index (χ3v) is 20.2. The van der Waals surface area contributed by atoms with Gasteiger partial charge in [-0.05, 0) is 206 Å². The maximum absolute atomic E-state index is 13.5. The number of fused-ring (bicyclic) bond motifs is 4. The summed E-state index contributed by atoms with van der Waals surface area (Å²) >= 11 is 22.7. The quantitative estimate of drug-likeness (QED) is 0.0186. The van der Waals surface area contributed by atoms with Gasteiger partial charge in [0.15, 0.2) is 0 Å². The summed E-state index contributed by atoms with van der Waals surface area (Å²) in [6, 6.07) is 23.4. The predicted molar refractivity (Wildman–Crippen MR) is 472 cm³/mol. The highest BCUT2D eigenvalue weighted by atomic mass is 79.9. The number of para-hydroxylation sites is 4. The van der Waals surface area contributed by atoms with Crippen molar-refractivity contribution >= 4 is 193 Å². The fourth-order valence-electron chi connectivity index (χ4n) is 12.4. The van der Waals surface area contributed by atoms with Crippen molar-refractivity contribution in [3.63, 3.8) is 0 Å². The molecule has 5 atom stereocenters. The van der Waals surface area contributed by atoms with E-state index in [1.54, 1.807) is 139 Å². The first-order chi connectivity index (χ1) is 54.6. The Bertz CT molecular complexity index is 4420. The molecule has 3 radical (unpaired) electrons. The van der Waals surface area contributed by atoms with Gasteiger partial charge in [-0.2, -0.15) is 22.7 Å². The Balaban J connectivity index is 0.000000266. The summed E-state index contributed by atoms with van der Waals surface area (Å²) in [4.78, 5) is 140. The number of carbonyl (C=O) groups is 11. The van der Waals surface area contributed by atoms with Gasteiger partial charge in [0.2, 0.25) is 41.4 Å². The average Bonchev–Trinajstić information content (AvgIpc) is 0.849. The number of benzene rings is 4. The third-order valence-electron chi connectivity index (χ3n) is 17.3. The first-order valence-electron chi connectivity index (χ1n) is 38.0. The molecule has 0 spiro atoms. The molecule has 2 saturated heterocycles. The molecule has 4 unspecified atom stereocenters. The van der Waals surface area contributed by atoms with Crippen LogP contribution in [0.4, 0.5) is 64.7 Å². The molecular weight excluding hydrogens is 1680 g/mol. The van der Waals surface area contributed by atoms with Gasteiger partial charge in [0.05, 0.1) is 52.0 Å². The second-order valence-corrected chi connectivity index (χ2v) is 35.0. The molecule has 0 bridgehead atoms. The summed E-state index contributed by atoms with van der Waals surface area (Å²) in [5, 5.41) is 39.2. The Kier molecular flexibility index (Phi) is 38.6. The number of rotatable bonds is 16. The van der Waals surface area contributed by atoms with Crippen molar-refractivity contribution < 1.29 is 76.8 Å². The van der Waals surface area contributed by atoms with Gasteiger partial charge in [-0.25, -0.2) is 19.2 Å². The fraction of sp³-hybridized carbons (Fsp3) is 0.482. The van der Waals surface area contributed by atoms with Gasteiger partial charge in [0.1, 0.15) is 52.1 Å². The van der Waals surface area contributed by atoms with E-state index in [4.69, 9.17) is 64.6 Å². The monoisotopic (exact) mass is 1790 g/mol. The minimum Gasteiger partial charge on any atom is -0.444 e. The number of amides is 11. The summed E-state index contributed by atoms with van der Waals surface area (Å²) < 4.78 is 20.9. The Morgan fingerprint density at radius 2 is 0.949 bits per heavy atom. The summed E-state index contributed by atoms with van der Waals surface area (Å²) in [5.74, 6) is -0.198. The Hall–Kier alpha value is -9.18. The summed E-state index contributed by atoms with van der Waals surface area (Å²) in [7, 11) is 0. The van der Waals surface area contributed by atoms with Gasteiger partial charge < -0.3 is 87.0 Å². The lowest BCUT2D eigenvalue weighted by molar-refractivity contribution is -0.121. The molecule has 12 rings (SSSR count).